The van der Waals surface area contributed by atoms with Gasteiger partial charge in [0.1, 0.15) is 4.47 Å². The van der Waals surface area contributed by atoms with Crippen LogP contribution in [-0.2, 0) is 6.54 Å². The molecular formula is C9H14BrN3O3. The fraction of sp³-hybridized carbons (Fsp3) is 0.556. The molecule has 0 spiro atoms. The summed E-state index contributed by atoms with van der Waals surface area (Å²) < 4.78 is 1.51. The molecule has 0 saturated carbocycles. The Bertz CT molecular complexity index is 405. The fourth-order valence-electron chi connectivity index (χ4n) is 1.10. The van der Waals surface area contributed by atoms with Crippen molar-refractivity contribution in [2.75, 3.05) is 18.5 Å². The van der Waals surface area contributed by atoms with Gasteiger partial charge in [0.15, 0.2) is 0 Å². The van der Waals surface area contributed by atoms with E-state index in [4.69, 9.17) is 10.2 Å². The molecule has 1 aromatic heterocycles. The average molecular weight is 292 g/mol. The number of halogens is 1. The highest BCUT2D eigenvalue weighted by Crippen LogP contribution is 2.15. The summed E-state index contributed by atoms with van der Waals surface area (Å²) in [6, 6.07) is 0. The van der Waals surface area contributed by atoms with Gasteiger partial charge in [-0.25, -0.2) is 4.68 Å². The maximum Gasteiger partial charge on any atom is 0.283 e. The minimum Gasteiger partial charge on any atom is -0.394 e. The second kappa shape index (κ2) is 5.97. The van der Waals surface area contributed by atoms with Crippen LogP contribution in [0.15, 0.2) is 15.5 Å². The van der Waals surface area contributed by atoms with Gasteiger partial charge in [0.2, 0.25) is 0 Å². The van der Waals surface area contributed by atoms with Gasteiger partial charge in [0.25, 0.3) is 5.56 Å². The zero-order chi connectivity index (χ0) is 12.1. The van der Waals surface area contributed by atoms with Crippen LogP contribution in [0.2, 0.25) is 0 Å². The number of aliphatic hydroxyl groups is 2. The highest BCUT2D eigenvalue weighted by molar-refractivity contribution is 9.10. The zero-order valence-electron chi connectivity index (χ0n) is 8.85. The summed E-state index contributed by atoms with van der Waals surface area (Å²) >= 11 is 3.15. The van der Waals surface area contributed by atoms with E-state index in [-0.39, 0.29) is 18.7 Å². The molecule has 1 heterocycles. The first kappa shape index (κ1) is 13.1. The number of rotatable bonds is 5. The third-order valence-electron chi connectivity index (χ3n) is 1.88. The van der Waals surface area contributed by atoms with Gasteiger partial charge in [-0.3, -0.25) is 4.79 Å². The summed E-state index contributed by atoms with van der Waals surface area (Å²) in [5, 5.41) is 24.6. The Morgan fingerprint density at radius 3 is 2.94 bits per heavy atom. The van der Waals surface area contributed by atoms with E-state index in [0.29, 0.717) is 16.7 Å². The van der Waals surface area contributed by atoms with Gasteiger partial charge >= 0.3 is 0 Å². The lowest BCUT2D eigenvalue weighted by Crippen LogP contribution is -2.26. The van der Waals surface area contributed by atoms with E-state index in [1.165, 1.54) is 6.20 Å². The summed E-state index contributed by atoms with van der Waals surface area (Å²) in [5.74, 6) is 0. The van der Waals surface area contributed by atoms with E-state index in [9.17, 15) is 4.79 Å². The number of nitrogens with one attached hydrogen (secondary N) is 1. The predicted octanol–water partition coefficient (Wildman–Crippen LogP) is -0.209. The van der Waals surface area contributed by atoms with Crippen LogP contribution >= 0.6 is 15.9 Å². The van der Waals surface area contributed by atoms with E-state index >= 15 is 0 Å². The van der Waals surface area contributed by atoms with E-state index in [1.807, 2.05) is 0 Å². The number of nitrogens with zero attached hydrogens (tertiary/aromatic N) is 2. The SMILES string of the molecule is CC(O)CNc1cnn(CCO)c(=O)c1Br. The molecule has 16 heavy (non-hydrogen) atoms. The van der Waals surface area contributed by atoms with Crippen LogP contribution in [0.5, 0.6) is 0 Å². The van der Waals surface area contributed by atoms with Gasteiger partial charge in [-0.05, 0) is 22.9 Å². The molecule has 1 atom stereocenters. The van der Waals surface area contributed by atoms with Crippen LogP contribution in [0.3, 0.4) is 0 Å². The molecule has 1 aromatic rings. The van der Waals surface area contributed by atoms with E-state index in [1.54, 1.807) is 6.92 Å². The Labute approximate surface area is 101 Å². The summed E-state index contributed by atoms with van der Waals surface area (Å²) in [7, 11) is 0. The van der Waals surface area contributed by atoms with Crippen molar-refractivity contribution in [3.63, 3.8) is 0 Å². The molecule has 0 aromatic carbocycles. The predicted molar refractivity (Wildman–Crippen MR) is 63.5 cm³/mol. The Kier molecular flexibility index (Phi) is 4.91. The first-order valence-electron chi connectivity index (χ1n) is 4.84. The van der Waals surface area contributed by atoms with Gasteiger partial charge in [0, 0.05) is 6.54 Å². The molecule has 1 rings (SSSR count). The Morgan fingerprint density at radius 1 is 1.69 bits per heavy atom. The molecule has 0 fully saturated rings. The number of anilines is 1. The van der Waals surface area contributed by atoms with Crippen LogP contribution < -0.4 is 10.9 Å². The lowest BCUT2D eigenvalue weighted by Gasteiger charge is -2.10. The molecule has 0 aliphatic carbocycles. The number of hydrogen-bond acceptors (Lipinski definition) is 5. The van der Waals surface area contributed by atoms with Crippen LogP contribution in [0.1, 0.15) is 6.92 Å². The van der Waals surface area contributed by atoms with Crippen LogP contribution in [0.25, 0.3) is 0 Å². The Balaban J connectivity index is 2.89. The smallest absolute Gasteiger partial charge is 0.283 e. The monoisotopic (exact) mass is 291 g/mol. The summed E-state index contributed by atoms with van der Waals surface area (Å²) in [5.41, 5.74) is 0.213. The molecule has 0 saturated heterocycles. The van der Waals surface area contributed by atoms with Crippen molar-refractivity contribution in [1.82, 2.24) is 9.78 Å². The number of aliphatic hydroxyl groups excluding tert-OH is 2. The van der Waals surface area contributed by atoms with E-state index in [2.05, 4.69) is 26.3 Å². The molecule has 90 valence electrons. The Morgan fingerprint density at radius 2 is 2.38 bits per heavy atom. The highest BCUT2D eigenvalue weighted by atomic mass is 79.9. The maximum atomic E-state index is 11.7. The van der Waals surface area contributed by atoms with Crippen LogP contribution in [0, 0.1) is 0 Å². The van der Waals surface area contributed by atoms with Crippen molar-refractivity contribution in [1.29, 1.82) is 0 Å². The molecule has 0 bridgehead atoms. The molecular weight excluding hydrogens is 278 g/mol. The maximum absolute atomic E-state index is 11.7. The van der Waals surface area contributed by atoms with Crippen LogP contribution in [0.4, 0.5) is 5.69 Å². The van der Waals surface area contributed by atoms with E-state index < -0.39 is 6.10 Å². The fourth-order valence-corrected chi connectivity index (χ4v) is 1.55. The minimum absolute atomic E-state index is 0.139. The standard InChI is InChI=1S/C9H14BrN3O3/c1-6(15)4-11-7-5-12-13(2-3-14)9(16)8(7)10/h5-6,11,14-15H,2-4H2,1H3. The Hall–Kier alpha value is -0.920. The molecule has 3 N–H and O–H groups in total. The van der Waals surface area contributed by atoms with Crippen molar-refractivity contribution in [2.24, 2.45) is 0 Å². The van der Waals surface area contributed by atoms with Crippen molar-refractivity contribution in [3.05, 3.63) is 21.0 Å². The topological polar surface area (TPSA) is 87.4 Å². The van der Waals surface area contributed by atoms with Crippen molar-refractivity contribution in [2.45, 2.75) is 19.6 Å². The summed E-state index contributed by atoms with van der Waals surface area (Å²) in [6.07, 6.45) is 0.968. The van der Waals surface area contributed by atoms with Gasteiger partial charge in [0.05, 0.1) is 31.1 Å². The molecule has 0 radical (unpaired) electrons. The highest BCUT2D eigenvalue weighted by Gasteiger charge is 2.08. The zero-order valence-corrected chi connectivity index (χ0v) is 10.4. The minimum atomic E-state index is -0.508. The quantitative estimate of drug-likeness (QED) is 0.699. The van der Waals surface area contributed by atoms with Gasteiger partial charge in [-0.1, -0.05) is 0 Å². The third-order valence-corrected chi connectivity index (χ3v) is 2.65. The van der Waals surface area contributed by atoms with Crippen LogP contribution in [-0.4, -0.2) is 39.2 Å². The lowest BCUT2D eigenvalue weighted by molar-refractivity contribution is 0.208. The van der Waals surface area contributed by atoms with Crippen molar-refractivity contribution >= 4 is 21.6 Å². The third kappa shape index (κ3) is 3.29. The number of aromatic nitrogens is 2. The largest absolute Gasteiger partial charge is 0.394 e. The second-order valence-electron chi connectivity index (χ2n) is 3.35. The molecule has 0 amide bonds. The second-order valence-corrected chi connectivity index (χ2v) is 4.15. The average Bonchev–Trinajstić information content (AvgIpc) is 2.24. The van der Waals surface area contributed by atoms with Gasteiger partial charge in [-0.2, -0.15) is 5.10 Å². The van der Waals surface area contributed by atoms with Crippen molar-refractivity contribution < 1.29 is 10.2 Å². The number of hydrogen-bond donors (Lipinski definition) is 3. The molecule has 0 aliphatic rings. The van der Waals surface area contributed by atoms with Gasteiger partial charge < -0.3 is 15.5 Å². The van der Waals surface area contributed by atoms with E-state index in [0.717, 1.165) is 4.68 Å². The molecule has 1 unspecified atom stereocenters. The molecule has 0 aliphatic heterocycles. The summed E-state index contributed by atoms with van der Waals surface area (Å²) in [6.45, 7) is 2.00. The lowest BCUT2D eigenvalue weighted by atomic mass is 10.4. The molecule has 7 heteroatoms. The van der Waals surface area contributed by atoms with Crippen molar-refractivity contribution in [3.8, 4) is 0 Å². The summed E-state index contributed by atoms with van der Waals surface area (Å²) in [4.78, 5) is 11.7. The van der Waals surface area contributed by atoms with Gasteiger partial charge in [-0.15, -0.1) is 0 Å². The molecule has 6 nitrogen and oxygen atoms in total. The first-order valence-corrected chi connectivity index (χ1v) is 5.64. The normalized spacial score (nSPS) is 12.5. The first-order chi connectivity index (χ1) is 7.56.